The van der Waals surface area contributed by atoms with Crippen LogP contribution in [0.5, 0.6) is 0 Å². The summed E-state index contributed by atoms with van der Waals surface area (Å²) in [5.41, 5.74) is 0. The Morgan fingerprint density at radius 1 is 1.00 bits per heavy atom. The van der Waals surface area contributed by atoms with Gasteiger partial charge in [-0.1, -0.05) is 71.1 Å². The summed E-state index contributed by atoms with van der Waals surface area (Å²) in [7, 11) is -3.35. The summed E-state index contributed by atoms with van der Waals surface area (Å²) in [6.45, 7) is 20.6. The molecule has 4 heteroatoms. The van der Waals surface area contributed by atoms with Crippen molar-refractivity contribution in [3.63, 3.8) is 0 Å². The lowest BCUT2D eigenvalue weighted by atomic mass is 10.2. The fourth-order valence-corrected chi connectivity index (χ4v) is 5.84. The maximum atomic E-state index is 6.52. The van der Waals surface area contributed by atoms with E-state index in [9.17, 15) is 0 Å². The van der Waals surface area contributed by atoms with E-state index in [2.05, 4.69) is 88.8 Å². The molecule has 2 nitrogen and oxygen atoms in total. The van der Waals surface area contributed by atoms with Gasteiger partial charge in [-0.2, -0.15) is 0 Å². The van der Waals surface area contributed by atoms with Crippen molar-refractivity contribution in [2.24, 2.45) is 0 Å². The van der Waals surface area contributed by atoms with E-state index < -0.39 is 16.6 Å². The molecule has 1 rings (SSSR count). The summed E-state index contributed by atoms with van der Waals surface area (Å²) in [5.74, 6) is 0. The zero-order valence-electron chi connectivity index (χ0n) is 15.9. The van der Waals surface area contributed by atoms with Crippen molar-refractivity contribution in [2.45, 2.75) is 65.3 Å². The number of benzene rings is 1. The quantitative estimate of drug-likeness (QED) is 0.524. The zero-order valence-corrected chi connectivity index (χ0v) is 17.9. The van der Waals surface area contributed by atoms with Crippen LogP contribution in [-0.2, 0) is 4.43 Å². The largest absolute Gasteiger partial charge is 0.405 e. The molecule has 0 saturated carbocycles. The van der Waals surface area contributed by atoms with E-state index >= 15 is 0 Å². The van der Waals surface area contributed by atoms with Crippen LogP contribution < -0.4 is 5.19 Å². The smallest absolute Gasteiger partial charge is 0.193 e. The average molecular weight is 338 g/mol. The fraction of sp³-hybridized carbons (Fsp3) is 0.667. The molecule has 0 unspecified atom stereocenters. The van der Waals surface area contributed by atoms with Crippen LogP contribution in [-0.4, -0.2) is 34.4 Å². The third kappa shape index (κ3) is 4.78. The monoisotopic (exact) mass is 337 g/mol. The van der Waals surface area contributed by atoms with Crippen LogP contribution in [0.25, 0.3) is 0 Å². The van der Waals surface area contributed by atoms with Gasteiger partial charge in [-0.3, -0.25) is 4.57 Å². The normalized spacial score (nSPS) is 13.7. The lowest BCUT2D eigenvalue weighted by Crippen LogP contribution is -2.60. The van der Waals surface area contributed by atoms with Crippen molar-refractivity contribution < 1.29 is 4.43 Å². The van der Waals surface area contributed by atoms with Crippen molar-refractivity contribution in [1.29, 1.82) is 0 Å². The molecule has 0 radical (unpaired) electrons. The summed E-state index contributed by atoms with van der Waals surface area (Å²) in [6, 6.07) is 11.0. The van der Waals surface area contributed by atoms with Crippen molar-refractivity contribution in [1.82, 2.24) is 4.57 Å². The van der Waals surface area contributed by atoms with E-state index in [-0.39, 0.29) is 5.04 Å². The van der Waals surface area contributed by atoms with E-state index in [1.54, 1.807) is 0 Å². The molecule has 0 saturated heterocycles. The molecule has 0 N–H and O–H groups in total. The standard InChI is InChI=1S/C18H35NOSi2/c1-9-15-19(16-20-22(7,8)18(2,3)4)21(5,6)17-13-11-10-12-14-17/h10-14H,9,15-16H2,1-8H3. The Balaban J connectivity index is 2.90. The number of nitrogens with zero attached hydrogens (tertiary/aromatic N) is 1. The molecule has 0 aliphatic carbocycles. The lowest BCUT2D eigenvalue weighted by Gasteiger charge is -2.42. The molecule has 1 aromatic carbocycles. The van der Waals surface area contributed by atoms with E-state index in [4.69, 9.17) is 4.43 Å². The van der Waals surface area contributed by atoms with Gasteiger partial charge in [0, 0.05) is 0 Å². The summed E-state index contributed by atoms with van der Waals surface area (Å²) >= 11 is 0. The molecule has 126 valence electrons. The van der Waals surface area contributed by atoms with Crippen LogP contribution in [0, 0.1) is 0 Å². The fourth-order valence-electron chi connectivity index (χ4n) is 2.26. The molecular formula is C18H35NOSi2. The first kappa shape index (κ1) is 19.6. The van der Waals surface area contributed by atoms with Crippen molar-refractivity contribution >= 4 is 21.7 Å². The molecule has 0 aliphatic rings. The van der Waals surface area contributed by atoms with Crippen LogP contribution in [0.15, 0.2) is 30.3 Å². The molecule has 22 heavy (non-hydrogen) atoms. The van der Waals surface area contributed by atoms with Crippen LogP contribution in [0.1, 0.15) is 34.1 Å². The van der Waals surface area contributed by atoms with Gasteiger partial charge in [0.25, 0.3) is 0 Å². The number of hydrogen-bond acceptors (Lipinski definition) is 2. The number of hydrogen-bond donors (Lipinski definition) is 0. The minimum Gasteiger partial charge on any atom is -0.405 e. The highest BCUT2D eigenvalue weighted by Crippen LogP contribution is 2.36. The maximum absolute atomic E-state index is 6.52. The van der Waals surface area contributed by atoms with Crippen LogP contribution in [0.2, 0.25) is 31.2 Å². The molecule has 0 atom stereocenters. The van der Waals surface area contributed by atoms with Gasteiger partial charge in [-0.05, 0) is 36.3 Å². The Morgan fingerprint density at radius 3 is 2.00 bits per heavy atom. The van der Waals surface area contributed by atoms with E-state index in [1.165, 1.54) is 11.6 Å². The van der Waals surface area contributed by atoms with Crippen LogP contribution >= 0.6 is 0 Å². The summed E-state index contributed by atoms with van der Waals surface area (Å²) < 4.78 is 9.13. The second kappa shape index (κ2) is 7.43. The average Bonchev–Trinajstić information content (AvgIpc) is 2.43. The first-order chi connectivity index (χ1) is 10.0. The van der Waals surface area contributed by atoms with Gasteiger partial charge < -0.3 is 4.43 Å². The Morgan fingerprint density at radius 2 is 1.55 bits per heavy atom. The molecule has 0 amide bonds. The molecule has 0 fully saturated rings. The molecular weight excluding hydrogens is 302 g/mol. The highest BCUT2D eigenvalue weighted by atomic mass is 28.4. The molecule has 0 spiro atoms. The van der Waals surface area contributed by atoms with E-state index in [0.717, 1.165) is 13.3 Å². The van der Waals surface area contributed by atoms with Crippen molar-refractivity contribution in [3.8, 4) is 0 Å². The summed E-state index contributed by atoms with van der Waals surface area (Å²) in [6.07, 6.45) is 1.17. The topological polar surface area (TPSA) is 12.5 Å². The number of rotatable bonds is 7. The van der Waals surface area contributed by atoms with E-state index in [0.29, 0.717) is 0 Å². The zero-order chi connectivity index (χ0) is 17.0. The maximum Gasteiger partial charge on any atom is 0.193 e. The second-order valence-electron chi connectivity index (χ2n) is 8.22. The van der Waals surface area contributed by atoms with Gasteiger partial charge in [0.05, 0.1) is 6.73 Å². The highest BCUT2D eigenvalue weighted by Gasteiger charge is 2.39. The second-order valence-corrected chi connectivity index (χ2v) is 17.4. The Bertz CT molecular complexity index is 452. The Kier molecular flexibility index (Phi) is 6.63. The Labute approximate surface area is 140 Å². The van der Waals surface area contributed by atoms with E-state index in [1.807, 2.05) is 0 Å². The minimum atomic E-state index is -1.70. The molecule has 0 heterocycles. The third-order valence-corrected chi connectivity index (χ3v) is 13.3. The summed E-state index contributed by atoms with van der Waals surface area (Å²) in [5, 5.41) is 1.76. The molecule has 1 aromatic rings. The van der Waals surface area contributed by atoms with Gasteiger partial charge in [-0.25, -0.2) is 0 Å². The first-order valence-electron chi connectivity index (χ1n) is 8.47. The third-order valence-electron chi connectivity index (χ3n) is 5.15. The van der Waals surface area contributed by atoms with Gasteiger partial charge in [0.15, 0.2) is 16.6 Å². The van der Waals surface area contributed by atoms with Gasteiger partial charge in [-0.15, -0.1) is 0 Å². The highest BCUT2D eigenvalue weighted by molar-refractivity contribution is 6.87. The minimum absolute atomic E-state index is 0.267. The van der Waals surface area contributed by atoms with Gasteiger partial charge in [0.2, 0.25) is 0 Å². The van der Waals surface area contributed by atoms with Gasteiger partial charge >= 0.3 is 0 Å². The van der Waals surface area contributed by atoms with Crippen LogP contribution in [0.3, 0.4) is 0 Å². The van der Waals surface area contributed by atoms with Crippen molar-refractivity contribution in [2.75, 3.05) is 13.3 Å². The lowest BCUT2D eigenvalue weighted by molar-refractivity contribution is 0.178. The predicted molar refractivity (Wildman–Crippen MR) is 104 cm³/mol. The van der Waals surface area contributed by atoms with Gasteiger partial charge in [0.1, 0.15) is 0 Å². The predicted octanol–water partition coefficient (Wildman–Crippen LogP) is 4.79. The summed E-state index contributed by atoms with van der Waals surface area (Å²) in [4.78, 5) is 0. The van der Waals surface area contributed by atoms with Crippen molar-refractivity contribution in [3.05, 3.63) is 30.3 Å². The molecule has 0 bridgehead atoms. The Hall–Kier alpha value is -0.426. The first-order valence-corrected chi connectivity index (χ1v) is 14.3. The molecule has 0 aromatic heterocycles. The molecule has 0 aliphatic heterocycles. The SMILES string of the molecule is CCCN(CO[Si](C)(C)C(C)(C)C)[Si](C)(C)c1ccccc1. The van der Waals surface area contributed by atoms with Crippen LogP contribution in [0.4, 0.5) is 0 Å².